The molecule has 0 aliphatic heterocycles. The van der Waals surface area contributed by atoms with Crippen LogP contribution in [0.15, 0.2) is 0 Å². The molecule has 0 radical (unpaired) electrons. The summed E-state index contributed by atoms with van der Waals surface area (Å²) in [5.41, 5.74) is 5.10. The van der Waals surface area contributed by atoms with Crippen molar-refractivity contribution in [3.05, 3.63) is 0 Å². The maximum atomic E-state index is 8.52. The van der Waals surface area contributed by atoms with E-state index in [0.29, 0.717) is 13.1 Å². The van der Waals surface area contributed by atoms with Crippen molar-refractivity contribution >= 4 is 0 Å². The van der Waals surface area contributed by atoms with Gasteiger partial charge in [-0.15, -0.1) is 0 Å². The number of hydrogen-bond donors (Lipinski definition) is 3. The molecular weight excluding hydrogens is 152 g/mol. The highest BCUT2D eigenvalue weighted by molar-refractivity contribution is 4.44. The van der Waals surface area contributed by atoms with Crippen molar-refractivity contribution in [2.24, 2.45) is 5.73 Å². The summed E-state index contributed by atoms with van der Waals surface area (Å²) in [6.07, 6.45) is 3.65. The normalized spacial score (nSPS) is 11.8. The lowest BCUT2D eigenvalue weighted by Crippen LogP contribution is -2.30. The Hall–Kier alpha value is -0.120. The highest BCUT2D eigenvalue weighted by atomic mass is 16.3. The Labute approximate surface area is 76.3 Å². The minimum atomic E-state index is -0.427. The van der Waals surface area contributed by atoms with Crippen LogP contribution in [-0.4, -0.2) is 24.4 Å². The molecule has 12 heavy (non-hydrogen) atoms. The summed E-state index contributed by atoms with van der Waals surface area (Å²) in [5, 5.41) is 11.2. The van der Waals surface area contributed by atoms with Gasteiger partial charge in [0.2, 0.25) is 0 Å². The molecule has 3 nitrogen and oxygen atoms in total. The van der Waals surface area contributed by atoms with Crippen LogP contribution in [0.5, 0.6) is 0 Å². The van der Waals surface area contributed by atoms with Gasteiger partial charge in [0.05, 0.1) is 0 Å². The third-order valence-electron chi connectivity index (χ3n) is 1.29. The Balaban J connectivity index is 0. The van der Waals surface area contributed by atoms with Crippen LogP contribution >= 0.6 is 0 Å². The molecule has 0 aliphatic rings. The van der Waals surface area contributed by atoms with E-state index < -0.39 is 6.23 Å². The largest absolute Gasteiger partial charge is 0.379 e. The molecule has 0 saturated heterocycles. The van der Waals surface area contributed by atoms with Gasteiger partial charge in [-0.25, -0.2) is 0 Å². The molecule has 0 saturated carbocycles. The molecule has 76 valence electrons. The second-order valence-corrected chi connectivity index (χ2v) is 2.77. The summed E-state index contributed by atoms with van der Waals surface area (Å²) >= 11 is 0. The minimum absolute atomic E-state index is 0.427. The molecule has 0 aromatic rings. The summed E-state index contributed by atoms with van der Waals surface area (Å²) < 4.78 is 0. The van der Waals surface area contributed by atoms with E-state index in [-0.39, 0.29) is 0 Å². The molecule has 0 spiro atoms. The molecule has 0 heterocycles. The van der Waals surface area contributed by atoms with Crippen molar-refractivity contribution in [1.29, 1.82) is 0 Å². The molecule has 0 aromatic carbocycles. The first-order valence-electron chi connectivity index (χ1n) is 4.80. The van der Waals surface area contributed by atoms with Crippen LogP contribution in [-0.2, 0) is 0 Å². The molecule has 4 N–H and O–H groups in total. The smallest absolute Gasteiger partial charge is 0.102 e. The van der Waals surface area contributed by atoms with E-state index in [4.69, 9.17) is 10.8 Å². The maximum absolute atomic E-state index is 8.52. The SMILES string of the molecule is CC(O)NCCN.CCCCC. The summed E-state index contributed by atoms with van der Waals surface area (Å²) in [5.74, 6) is 0. The first-order valence-corrected chi connectivity index (χ1v) is 4.80. The molecule has 0 rings (SSSR count). The first-order chi connectivity index (χ1) is 5.68. The molecule has 1 unspecified atom stereocenters. The molecular formula is C9H24N2O. The number of aliphatic hydroxyl groups excluding tert-OH is 1. The number of aliphatic hydroxyl groups is 1. The van der Waals surface area contributed by atoms with E-state index in [1.807, 2.05) is 0 Å². The average Bonchev–Trinajstić information content (AvgIpc) is 2.03. The van der Waals surface area contributed by atoms with E-state index in [2.05, 4.69) is 19.2 Å². The Morgan fingerprint density at radius 3 is 1.92 bits per heavy atom. The van der Waals surface area contributed by atoms with Crippen molar-refractivity contribution in [1.82, 2.24) is 5.32 Å². The fraction of sp³-hybridized carbons (Fsp3) is 1.00. The summed E-state index contributed by atoms with van der Waals surface area (Å²) in [4.78, 5) is 0. The van der Waals surface area contributed by atoms with Crippen molar-refractivity contribution < 1.29 is 5.11 Å². The summed E-state index contributed by atoms with van der Waals surface area (Å²) in [7, 11) is 0. The second kappa shape index (κ2) is 13.5. The van der Waals surface area contributed by atoms with Gasteiger partial charge >= 0.3 is 0 Å². The van der Waals surface area contributed by atoms with Crippen LogP contribution in [0.3, 0.4) is 0 Å². The third kappa shape index (κ3) is 22.5. The molecule has 0 aliphatic carbocycles. The molecule has 0 amide bonds. The van der Waals surface area contributed by atoms with Crippen LogP contribution in [0.2, 0.25) is 0 Å². The topological polar surface area (TPSA) is 58.3 Å². The van der Waals surface area contributed by atoms with Crippen molar-refractivity contribution in [3.8, 4) is 0 Å². The minimum Gasteiger partial charge on any atom is -0.379 e. The molecule has 0 bridgehead atoms. The van der Waals surface area contributed by atoms with Crippen LogP contribution in [0.1, 0.15) is 40.0 Å². The Bertz CT molecular complexity index is 65.5. The van der Waals surface area contributed by atoms with Crippen LogP contribution in [0.4, 0.5) is 0 Å². The van der Waals surface area contributed by atoms with E-state index in [9.17, 15) is 0 Å². The fourth-order valence-corrected chi connectivity index (χ4v) is 0.646. The average molecular weight is 176 g/mol. The van der Waals surface area contributed by atoms with Crippen molar-refractivity contribution in [3.63, 3.8) is 0 Å². The van der Waals surface area contributed by atoms with Gasteiger partial charge in [0.25, 0.3) is 0 Å². The Morgan fingerprint density at radius 1 is 1.33 bits per heavy atom. The summed E-state index contributed by atoms with van der Waals surface area (Å²) in [6, 6.07) is 0. The quantitative estimate of drug-likeness (QED) is 0.549. The van der Waals surface area contributed by atoms with Gasteiger partial charge in [-0.05, 0) is 6.92 Å². The fourth-order valence-electron chi connectivity index (χ4n) is 0.646. The highest BCUT2D eigenvalue weighted by Gasteiger charge is 1.87. The van der Waals surface area contributed by atoms with E-state index in [1.165, 1.54) is 19.3 Å². The van der Waals surface area contributed by atoms with Gasteiger partial charge in [0, 0.05) is 13.1 Å². The number of unbranched alkanes of at least 4 members (excludes halogenated alkanes) is 2. The molecule has 0 fully saturated rings. The number of nitrogens with two attached hydrogens (primary N) is 1. The predicted molar refractivity (Wildman–Crippen MR) is 53.9 cm³/mol. The van der Waals surface area contributed by atoms with Gasteiger partial charge in [0.15, 0.2) is 0 Å². The standard InChI is InChI=1S/C5H12.C4H12N2O/c1-3-5-4-2;1-4(7)6-3-2-5/h3-5H2,1-2H3;4,6-7H,2-3,5H2,1H3. The lowest BCUT2D eigenvalue weighted by Gasteiger charge is -2.02. The number of rotatable bonds is 5. The molecule has 0 aromatic heterocycles. The second-order valence-electron chi connectivity index (χ2n) is 2.77. The van der Waals surface area contributed by atoms with Gasteiger partial charge in [-0.1, -0.05) is 33.1 Å². The van der Waals surface area contributed by atoms with Gasteiger partial charge in [-0.2, -0.15) is 0 Å². The van der Waals surface area contributed by atoms with Crippen molar-refractivity contribution in [2.75, 3.05) is 13.1 Å². The Morgan fingerprint density at radius 2 is 1.83 bits per heavy atom. The number of hydrogen-bond acceptors (Lipinski definition) is 3. The summed E-state index contributed by atoms with van der Waals surface area (Å²) in [6.45, 7) is 7.34. The highest BCUT2D eigenvalue weighted by Crippen LogP contribution is 1.88. The maximum Gasteiger partial charge on any atom is 0.102 e. The monoisotopic (exact) mass is 176 g/mol. The lowest BCUT2D eigenvalue weighted by atomic mass is 10.3. The third-order valence-corrected chi connectivity index (χ3v) is 1.29. The van der Waals surface area contributed by atoms with Crippen molar-refractivity contribution in [2.45, 2.75) is 46.3 Å². The van der Waals surface area contributed by atoms with Crippen LogP contribution < -0.4 is 11.1 Å². The predicted octanol–water partition coefficient (Wildman–Crippen LogP) is 1.07. The van der Waals surface area contributed by atoms with E-state index >= 15 is 0 Å². The van der Waals surface area contributed by atoms with Crippen LogP contribution in [0.25, 0.3) is 0 Å². The van der Waals surface area contributed by atoms with E-state index in [0.717, 1.165) is 0 Å². The molecule has 3 heteroatoms. The zero-order valence-electron chi connectivity index (χ0n) is 8.64. The van der Waals surface area contributed by atoms with E-state index in [1.54, 1.807) is 6.92 Å². The zero-order valence-corrected chi connectivity index (χ0v) is 8.64. The van der Waals surface area contributed by atoms with Gasteiger partial charge in [0.1, 0.15) is 6.23 Å². The zero-order chi connectivity index (χ0) is 9.82. The van der Waals surface area contributed by atoms with Gasteiger partial charge < -0.3 is 10.8 Å². The number of nitrogens with one attached hydrogen (secondary N) is 1. The lowest BCUT2D eigenvalue weighted by molar-refractivity contribution is 0.158. The van der Waals surface area contributed by atoms with Gasteiger partial charge in [-0.3, -0.25) is 5.32 Å². The Kier molecular flexibility index (Phi) is 16.2. The first kappa shape index (κ1) is 14.4. The van der Waals surface area contributed by atoms with Crippen LogP contribution in [0, 0.1) is 0 Å². The molecule has 1 atom stereocenters.